The molecule has 0 radical (unpaired) electrons. The monoisotopic (exact) mass is 603 g/mol. The Bertz CT molecular complexity index is 1680. The van der Waals surface area contributed by atoms with E-state index in [9.17, 15) is 40.7 Å². The number of fused-ring (bicyclic) bond motifs is 3. The van der Waals surface area contributed by atoms with Crippen molar-refractivity contribution in [3.05, 3.63) is 88.1 Å². The lowest BCUT2D eigenvalue weighted by molar-refractivity contribution is -0.170. The largest absolute Gasteiger partial charge is 0.406 e. The van der Waals surface area contributed by atoms with Gasteiger partial charge in [0.15, 0.2) is 11.6 Å². The lowest BCUT2D eigenvalue weighted by Crippen LogP contribution is -2.60. The van der Waals surface area contributed by atoms with Crippen molar-refractivity contribution in [2.45, 2.75) is 55.8 Å². The predicted octanol–water partition coefficient (Wildman–Crippen LogP) is 3.95. The third-order valence-corrected chi connectivity index (χ3v) is 8.50. The van der Waals surface area contributed by atoms with Gasteiger partial charge in [0, 0.05) is 41.4 Å². The van der Waals surface area contributed by atoms with Crippen LogP contribution in [0.15, 0.2) is 42.6 Å². The summed E-state index contributed by atoms with van der Waals surface area (Å²) in [6.07, 6.45) is -3.34. The molecule has 2 N–H and O–H groups in total. The average Bonchev–Trinajstić information content (AvgIpc) is 3.47. The molecule has 224 valence electrons. The Balaban J connectivity index is 1.28. The van der Waals surface area contributed by atoms with Crippen molar-refractivity contribution in [2.75, 3.05) is 11.9 Å². The van der Waals surface area contributed by atoms with E-state index in [-0.39, 0.29) is 18.0 Å². The minimum atomic E-state index is -4.86. The highest BCUT2D eigenvalue weighted by atomic mass is 19.4. The molecule has 0 bridgehead atoms. The minimum Gasteiger partial charge on any atom is -0.339 e. The van der Waals surface area contributed by atoms with Gasteiger partial charge in [0.1, 0.15) is 29.9 Å². The molecule has 1 saturated heterocycles. The Morgan fingerprint density at radius 1 is 1.09 bits per heavy atom. The van der Waals surface area contributed by atoms with Crippen LogP contribution >= 0.6 is 0 Å². The van der Waals surface area contributed by atoms with Crippen LogP contribution in [0, 0.1) is 17.5 Å². The molecule has 1 fully saturated rings. The van der Waals surface area contributed by atoms with Crippen LogP contribution in [0.2, 0.25) is 0 Å². The summed E-state index contributed by atoms with van der Waals surface area (Å²) in [5, 5.41) is 5.12. The molecule has 1 spiro atoms. The van der Waals surface area contributed by atoms with Gasteiger partial charge in [-0.1, -0.05) is 12.1 Å². The Morgan fingerprint density at radius 3 is 2.58 bits per heavy atom. The Labute approximate surface area is 240 Å². The quantitative estimate of drug-likeness (QED) is 0.348. The molecular formula is C29H23F6N5O3. The van der Waals surface area contributed by atoms with E-state index in [1.807, 2.05) is 0 Å². The molecule has 2 aliphatic heterocycles. The summed E-state index contributed by atoms with van der Waals surface area (Å²) in [7, 11) is 0. The zero-order valence-electron chi connectivity index (χ0n) is 22.4. The number of carbonyl (C=O) groups excluding carboxylic acids is 3. The number of pyridine rings is 2. The number of carbonyl (C=O) groups is 3. The predicted molar refractivity (Wildman–Crippen MR) is 138 cm³/mol. The van der Waals surface area contributed by atoms with Gasteiger partial charge in [-0.3, -0.25) is 14.4 Å². The Morgan fingerprint density at radius 2 is 1.84 bits per heavy atom. The number of halogens is 6. The van der Waals surface area contributed by atoms with Gasteiger partial charge in [-0.05, 0) is 49.6 Å². The maximum Gasteiger partial charge on any atom is 0.406 e. The number of anilines is 1. The molecule has 8 nitrogen and oxygen atoms in total. The van der Waals surface area contributed by atoms with Crippen molar-refractivity contribution in [1.29, 1.82) is 0 Å². The van der Waals surface area contributed by atoms with Crippen LogP contribution in [0.3, 0.4) is 0 Å². The Hall–Kier alpha value is -4.49. The van der Waals surface area contributed by atoms with Gasteiger partial charge in [-0.2, -0.15) is 13.2 Å². The molecule has 6 rings (SSSR count). The highest BCUT2D eigenvalue weighted by Gasteiger charge is 2.52. The normalized spacial score (nSPS) is 24.6. The number of aromatic nitrogens is 2. The third kappa shape index (κ3) is 4.78. The SMILES string of the molecule is C[C@@H]1[C@H](c2c(F)ccc(F)c2F)C[C@H](NC(=O)c2ccc3c(n2)C[C@]2(C3)C(=O)Nc3ncccc32)C(=O)N1CC(F)(F)F. The minimum absolute atomic E-state index is 0.160. The number of nitrogens with zero attached hydrogens (tertiary/aromatic N) is 3. The van der Waals surface area contributed by atoms with Crippen molar-refractivity contribution in [1.82, 2.24) is 20.2 Å². The molecule has 3 aromatic rings. The second kappa shape index (κ2) is 10.1. The molecule has 3 amide bonds. The van der Waals surface area contributed by atoms with Gasteiger partial charge < -0.3 is 15.5 Å². The van der Waals surface area contributed by atoms with E-state index in [0.29, 0.717) is 46.1 Å². The third-order valence-electron chi connectivity index (χ3n) is 8.50. The lowest BCUT2D eigenvalue weighted by atomic mass is 9.80. The molecule has 43 heavy (non-hydrogen) atoms. The van der Waals surface area contributed by atoms with E-state index in [1.54, 1.807) is 24.4 Å². The standard InChI is InChI=1S/C29H23F6N5O3/c1-13-15(22-17(30)5-6-18(31)23(22)32)9-20(26(42)40(13)12-29(33,34)35)38-25(41)19-7-4-14-10-28(11-21(14)37-19)16-3-2-8-36-24(16)39-27(28)43/h2-8,13,15,20H,9-12H2,1H3,(H,38,41)(H,36,39,43)/t13-,15-,20+,28+/m1/s1. The smallest absolute Gasteiger partial charge is 0.339 e. The summed E-state index contributed by atoms with van der Waals surface area (Å²) in [5.41, 5.74) is -0.0962. The first-order valence-electron chi connectivity index (χ1n) is 13.4. The van der Waals surface area contributed by atoms with E-state index >= 15 is 0 Å². The van der Waals surface area contributed by atoms with Gasteiger partial charge in [-0.25, -0.2) is 23.1 Å². The summed E-state index contributed by atoms with van der Waals surface area (Å²) < 4.78 is 83.8. The van der Waals surface area contributed by atoms with Crippen LogP contribution in [-0.2, 0) is 27.8 Å². The molecule has 4 heterocycles. The van der Waals surface area contributed by atoms with Crippen LogP contribution in [0.1, 0.15) is 52.1 Å². The number of hydrogen-bond donors (Lipinski definition) is 2. The zero-order valence-corrected chi connectivity index (χ0v) is 22.4. The first-order chi connectivity index (χ1) is 20.3. The molecular weight excluding hydrogens is 580 g/mol. The molecule has 1 aliphatic carbocycles. The average molecular weight is 604 g/mol. The van der Waals surface area contributed by atoms with E-state index in [2.05, 4.69) is 20.6 Å². The summed E-state index contributed by atoms with van der Waals surface area (Å²) in [4.78, 5) is 48.4. The van der Waals surface area contributed by atoms with Crippen molar-refractivity contribution < 1.29 is 40.7 Å². The van der Waals surface area contributed by atoms with Crippen LogP contribution in [-0.4, -0.2) is 57.4 Å². The van der Waals surface area contributed by atoms with Crippen LogP contribution in [0.5, 0.6) is 0 Å². The topological polar surface area (TPSA) is 104 Å². The number of hydrogen-bond acceptors (Lipinski definition) is 5. The fourth-order valence-electron chi connectivity index (χ4n) is 6.42. The van der Waals surface area contributed by atoms with E-state index in [0.717, 1.165) is 0 Å². The lowest BCUT2D eigenvalue weighted by Gasteiger charge is -2.43. The van der Waals surface area contributed by atoms with Gasteiger partial charge in [0.25, 0.3) is 5.91 Å². The van der Waals surface area contributed by atoms with Crippen molar-refractivity contribution in [2.24, 2.45) is 0 Å². The van der Waals surface area contributed by atoms with Gasteiger partial charge in [0.2, 0.25) is 11.8 Å². The molecule has 0 saturated carbocycles. The number of rotatable bonds is 4. The summed E-state index contributed by atoms with van der Waals surface area (Å²) in [6.45, 7) is -0.563. The summed E-state index contributed by atoms with van der Waals surface area (Å²) in [6, 6.07) is 4.64. The van der Waals surface area contributed by atoms with Crippen molar-refractivity contribution in [3.63, 3.8) is 0 Å². The fraction of sp³-hybridized carbons (Fsp3) is 0.345. The first kappa shape index (κ1) is 28.6. The number of alkyl halides is 3. The van der Waals surface area contributed by atoms with Gasteiger partial charge in [0.05, 0.1) is 5.41 Å². The zero-order chi connectivity index (χ0) is 30.8. The van der Waals surface area contributed by atoms with Crippen LogP contribution in [0.25, 0.3) is 0 Å². The molecule has 3 aliphatic rings. The van der Waals surface area contributed by atoms with Gasteiger partial charge in [-0.15, -0.1) is 0 Å². The van der Waals surface area contributed by atoms with E-state index in [1.165, 1.54) is 13.0 Å². The van der Waals surface area contributed by atoms with Crippen LogP contribution < -0.4 is 10.6 Å². The summed E-state index contributed by atoms with van der Waals surface area (Å²) >= 11 is 0. The first-order valence-corrected chi connectivity index (χ1v) is 13.4. The molecule has 0 unspecified atom stereocenters. The summed E-state index contributed by atoms with van der Waals surface area (Å²) in [5.74, 6) is -7.44. The number of benzene rings is 1. The maximum atomic E-state index is 14.7. The molecule has 2 aromatic heterocycles. The maximum absolute atomic E-state index is 14.7. The number of amides is 3. The van der Waals surface area contributed by atoms with Crippen molar-refractivity contribution >= 4 is 23.5 Å². The van der Waals surface area contributed by atoms with E-state index in [4.69, 9.17) is 0 Å². The van der Waals surface area contributed by atoms with Crippen LogP contribution in [0.4, 0.5) is 32.2 Å². The second-order valence-electron chi connectivity index (χ2n) is 11.0. The van der Waals surface area contributed by atoms with Gasteiger partial charge >= 0.3 is 6.18 Å². The highest BCUT2D eigenvalue weighted by Crippen LogP contribution is 2.46. The number of likely N-dealkylation sites (tertiary alicyclic amines) is 1. The molecule has 4 atom stereocenters. The molecule has 14 heteroatoms. The fourth-order valence-corrected chi connectivity index (χ4v) is 6.42. The number of piperidine rings is 1. The van der Waals surface area contributed by atoms with E-state index < -0.39 is 77.4 Å². The number of nitrogens with one attached hydrogen (secondary N) is 2. The highest BCUT2D eigenvalue weighted by molar-refractivity contribution is 6.06. The second-order valence-corrected chi connectivity index (χ2v) is 11.0. The Kier molecular flexibility index (Phi) is 6.69. The molecule has 1 aromatic carbocycles. The van der Waals surface area contributed by atoms with Crippen molar-refractivity contribution in [3.8, 4) is 0 Å².